The summed E-state index contributed by atoms with van der Waals surface area (Å²) in [5.41, 5.74) is 10.1. The smallest absolute Gasteiger partial charge is 0.0764 e. The standard InChI is InChI=1S/C28H35N5/c1-18(2)27-25-15-22(21-8-12-33(13-9-21)17-23-10-11-32(5)31-23)6-7-26(25)30-28(27)24-14-20(4)29-16-19(24)3/h6-7,10-11,14-16,18,21,30H,8-9,12-13,17H2,1-5H3. The number of rotatable bonds is 5. The van der Waals surface area contributed by atoms with Crippen LogP contribution in [0.2, 0.25) is 0 Å². The molecule has 0 bridgehead atoms. The Morgan fingerprint density at radius 1 is 1.09 bits per heavy atom. The van der Waals surface area contributed by atoms with Crippen molar-refractivity contribution in [2.24, 2.45) is 7.05 Å². The van der Waals surface area contributed by atoms with E-state index >= 15 is 0 Å². The van der Waals surface area contributed by atoms with E-state index in [0.29, 0.717) is 11.8 Å². The van der Waals surface area contributed by atoms with Crippen LogP contribution < -0.4 is 0 Å². The van der Waals surface area contributed by atoms with Crippen molar-refractivity contribution in [3.8, 4) is 11.3 Å². The van der Waals surface area contributed by atoms with E-state index in [9.17, 15) is 0 Å². The summed E-state index contributed by atoms with van der Waals surface area (Å²) in [6.45, 7) is 12.0. The summed E-state index contributed by atoms with van der Waals surface area (Å²) in [4.78, 5) is 10.8. The molecule has 0 aliphatic carbocycles. The number of piperidine rings is 1. The second-order valence-corrected chi connectivity index (χ2v) is 10.0. The van der Waals surface area contributed by atoms with Crippen LogP contribution in [0.1, 0.15) is 66.6 Å². The minimum absolute atomic E-state index is 0.442. The molecule has 0 amide bonds. The van der Waals surface area contributed by atoms with E-state index < -0.39 is 0 Å². The van der Waals surface area contributed by atoms with Gasteiger partial charge in [0, 0.05) is 48.1 Å². The first-order valence-corrected chi connectivity index (χ1v) is 12.2. The van der Waals surface area contributed by atoms with Crippen LogP contribution in [-0.2, 0) is 13.6 Å². The third-order valence-corrected chi connectivity index (χ3v) is 7.16. The highest BCUT2D eigenvalue weighted by Gasteiger charge is 2.23. The maximum Gasteiger partial charge on any atom is 0.0764 e. The Kier molecular flexibility index (Phi) is 5.83. The van der Waals surface area contributed by atoms with E-state index in [-0.39, 0.29) is 0 Å². The molecular weight excluding hydrogens is 406 g/mol. The van der Waals surface area contributed by atoms with Crippen LogP contribution in [0.4, 0.5) is 0 Å². The molecule has 5 rings (SSSR count). The topological polar surface area (TPSA) is 49.7 Å². The second-order valence-electron chi connectivity index (χ2n) is 10.0. The molecule has 1 aromatic carbocycles. The van der Waals surface area contributed by atoms with Gasteiger partial charge in [0.1, 0.15) is 0 Å². The van der Waals surface area contributed by atoms with Crippen molar-refractivity contribution in [2.45, 2.75) is 58.9 Å². The number of hydrogen-bond acceptors (Lipinski definition) is 3. The summed E-state index contributed by atoms with van der Waals surface area (Å²) < 4.78 is 1.89. The van der Waals surface area contributed by atoms with Crippen LogP contribution >= 0.6 is 0 Å². The highest BCUT2D eigenvalue weighted by atomic mass is 15.3. The molecule has 172 valence electrons. The first kappa shape index (κ1) is 21.9. The molecule has 3 aromatic heterocycles. The quantitative estimate of drug-likeness (QED) is 0.408. The van der Waals surface area contributed by atoms with Gasteiger partial charge in [0.2, 0.25) is 0 Å². The van der Waals surface area contributed by atoms with Crippen LogP contribution in [0.3, 0.4) is 0 Å². The normalized spacial score (nSPS) is 15.7. The fourth-order valence-electron chi connectivity index (χ4n) is 5.39. The minimum atomic E-state index is 0.442. The van der Waals surface area contributed by atoms with Crippen molar-refractivity contribution < 1.29 is 0 Å². The fourth-order valence-corrected chi connectivity index (χ4v) is 5.39. The molecule has 5 nitrogen and oxygen atoms in total. The number of fused-ring (bicyclic) bond motifs is 1. The van der Waals surface area contributed by atoms with Crippen molar-refractivity contribution in [1.82, 2.24) is 24.6 Å². The van der Waals surface area contributed by atoms with Gasteiger partial charge in [0.05, 0.1) is 11.4 Å². The zero-order chi connectivity index (χ0) is 23.1. The summed E-state index contributed by atoms with van der Waals surface area (Å²) in [7, 11) is 1.99. The number of nitrogens with one attached hydrogen (secondary N) is 1. The number of benzene rings is 1. The molecule has 0 unspecified atom stereocenters. The summed E-state index contributed by atoms with van der Waals surface area (Å²) in [5.74, 6) is 1.06. The van der Waals surface area contributed by atoms with Crippen LogP contribution in [0, 0.1) is 13.8 Å². The Labute approximate surface area is 196 Å². The molecule has 1 aliphatic heterocycles. The van der Waals surface area contributed by atoms with Crippen molar-refractivity contribution in [3.63, 3.8) is 0 Å². The number of aromatic amines is 1. The predicted octanol–water partition coefficient (Wildman–Crippen LogP) is 6.08. The van der Waals surface area contributed by atoms with Gasteiger partial charge in [-0.15, -0.1) is 0 Å². The van der Waals surface area contributed by atoms with Gasteiger partial charge >= 0.3 is 0 Å². The second kappa shape index (κ2) is 8.79. The Balaban J connectivity index is 1.41. The van der Waals surface area contributed by atoms with Crippen LogP contribution in [-0.4, -0.2) is 37.7 Å². The molecule has 1 fully saturated rings. The molecule has 0 saturated carbocycles. The van der Waals surface area contributed by atoms with Crippen molar-refractivity contribution >= 4 is 10.9 Å². The molecule has 33 heavy (non-hydrogen) atoms. The first-order valence-electron chi connectivity index (χ1n) is 12.2. The van der Waals surface area contributed by atoms with Gasteiger partial charge < -0.3 is 4.98 Å². The van der Waals surface area contributed by atoms with Gasteiger partial charge in [-0.25, -0.2) is 0 Å². The first-order chi connectivity index (χ1) is 15.9. The lowest BCUT2D eigenvalue weighted by molar-refractivity contribution is 0.202. The maximum absolute atomic E-state index is 4.55. The molecule has 4 aromatic rings. The van der Waals surface area contributed by atoms with E-state index in [1.807, 2.05) is 24.1 Å². The van der Waals surface area contributed by atoms with Crippen molar-refractivity contribution in [3.05, 3.63) is 70.8 Å². The maximum atomic E-state index is 4.55. The van der Waals surface area contributed by atoms with Crippen LogP contribution in [0.5, 0.6) is 0 Å². The Hall–Kier alpha value is -2.92. The average Bonchev–Trinajstić information content (AvgIpc) is 3.38. The van der Waals surface area contributed by atoms with Crippen molar-refractivity contribution in [1.29, 1.82) is 0 Å². The highest BCUT2D eigenvalue weighted by Crippen LogP contribution is 2.39. The zero-order valence-corrected chi connectivity index (χ0v) is 20.5. The van der Waals surface area contributed by atoms with Gasteiger partial charge in [-0.1, -0.05) is 19.9 Å². The number of pyridine rings is 1. The fraction of sp³-hybridized carbons (Fsp3) is 0.429. The number of nitrogens with zero attached hydrogens (tertiary/aromatic N) is 4. The third kappa shape index (κ3) is 4.34. The van der Waals surface area contributed by atoms with E-state index in [1.165, 1.54) is 57.4 Å². The molecule has 1 aliphatic rings. The minimum Gasteiger partial charge on any atom is -0.354 e. The van der Waals surface area contributed by atoms with E-state index in [2.05, 4.69) is 78.0 Å². The summed E-state index contributed by atoms with van der Waals surface area (Å²) in [6, 6.07) is 11.4. The lowest BCUT2D eigenvalue weighted by Crippen LogP contribution is -2.32. The highest BCUT2D eigenvalue weighted by molar-refractivity contribution is 5.92. The van der Waals surface area contributed by atoms with Crippen LogP contribution in [0.25, 0.3) is 22.2 Å². The third-order valence-electron chi connectivity index (χ3n) is 7.16. The Bertz CT molecular complexity index is 1270. The average molecular weight is 442 g/mol. The molecule has 1 saturated heterocycles. The van der Waals surface area contributed by atoms with Gasteiger partial charge in [0.15, 0.2) is 0 Å². The zero-order valence-electron chi connectivity index (χ0n) is 20.5. The van der Waals surface area contributed by atoms with Crippen molar-refractivity contribution in [2.75, 3.05) is 13.1 Å². The largest absolute Gasteiger partial charge is 0.354 e. The SMILES string of the molecule is Cc1cc(-c2[nH]c3ccc(C4CCN(Cc5ccn(C)n5)CC4)cc3c2C(C)C)c(C)cn1. The lowest BCUT2D eigenvalue weighted by Gasteiger charge is -2.31. The molecule has 0 radical (unpaired) electrons. The Morgan fingerprint density at radius 2 is 1.88 bits per heavy atom. The van der Waals surface area contributed by atoms with Gasteiger partial charge in [-0.05, 0) is 92.6 Å². The molecule has 4 heterocycles. The molecule has 5 heteroatoms. The molecule has 0 spiro atoms. The molecule has 0 atom stereocenters. The Morgan fingerprint density at radius 3 is 2.58 bits per heavy atom. The monoisotopic (exact) mass is 441 g/mol. The predicted molar refractivity (Wildman–Crippen MR) is 136 cm³/mol. The number of aryl methyl sites for hydroxylation is 3. The summed E-state index contributed by atoms with van der Waals surface area (Å²) >= 11 is 0. The van der Waals surface area contributed by atoms with E-state index in [0.717, 1.165) is 25.3 Å². The lowest BCUT2D eigenvalue weighted by atomic mass is 9.87. The summed E-state index contributed by atoms with van der Waals surface area (Å²) in [6.07, 6.45) is 6.43. The molecular formula is C28H35N5. The summed E-state index contributed by atoms with van der Waals surface area (Å²) in [5, 5.41) is 5.93. The number of H-pyrrole nitrogens is 1. The van der Waals surface area contributed by atoms with E-state index in [4.69, 9.17) is 0 Å². The van der Waals surface area contributed by atoms with Gasteiger partial charge in [0.25, 0.3) is 0 Å². The van der Waals surface area contributed by atoms with Gasteiger partial charge in [-0.3, -0.25) is 14.6 Å². The molecule has 1 N–H and O–H groups in total. The number of hydrogen-bond donors (Lipinski definition) is 1. The number of aromatic nitrogens is 4. The number of likely N-dealkylation sites (tertiary alicyclic amines) is 1. The van der Waals surface area contributed by atoms with Gasteiger partial charge in [-0.2, -0.15) is 5.10 Å². The van der Waals surface area contributed by atoms with Crippen LogP contribution in [0.15, 0.2) is 42.7 Å². The van der Waals surface area contributed by atoms with E-state index in [1.54, 1.807) is 0 Å².